The zero-order chi connectivity index (χ0) is 12.7. The van der Waals surface area contributed by atoms with Crippen LogP contribution in [-0.2, 0) is 0 Å². The summed E-state index contributed by atoms with van der Waals surface area (Å²) in [5, 5.41) is 0. The lowest BCUT2D eigenvalue weighted by atomic mass is 9.90. The summed E-state index contributed by atoms with van der Waals surface area (Å²) in [4.78, 5) is 0. The third kappa shape index (κ3) is 1.35. The van der Waals surface area contributed by atoms with E-state index < -0.39 is 0 Å². The minimum atomic E-state index is 0.494. The summed E-state index contributed by atoms with van der Waals surface area (Å²) < 4.78 is 11.1. The first-order valence-electron chi connectivity index (χ1n) is 6.39. The third-order valence-electron chi connectivity index (χ3n) is 4.20. The molecule has 18 heavy (non-hydrogen) atoms. The summed E-state index contributed by atoms with van der Waals surface area (Å²) in [7, 11) is 3.48. The average molecular weight is 242 g/mol. The Kier molecular flexibility index (Phi) is 2.66. The molecular formula is C16H18O2. The summed E-state index contributed by atoms with van der Waals surface area (Å²) in [6.07, 6.45) is 6.48. The van der Waals surface area contributed by atoms with Crippen molar-refractivity contribution in [3.8, 4) is 11.5 Å². The second kappa shape index (κ2) is 4.20. The molecule has 94 valence electrons. The number of ether oxygens (including phenoxy) is 2. The van der Waals surface area contributed by atoms with E-state index in [0.717, 1.165) is 11.5 Å². The summed E-state index contributed by atoms with van der Waals surface area (Å²) in [5.41, 5.74) is 4.14. The van der Waals surface area contributed by atoms with E-state index in [0.29, 0.717) is 11.8 Å². The van der Waals surface area contributed by atoms with Gasteiger partial charge < -0.3 is 9.47 Å². The molecule has 2 heteroatoms. The Bertz CT molecular complexity index is 487. The molecule has 0 saturated heterocycles. The maximum Gasteiger partial charge on any atom is 0.123 e. The second-order valence-corrected chi connectivity index (χ2v) is 4.88. The fraction of sp³-hybridized carbons (Fsp3) is 0.375. The van der Waals surface area contributed by atoms with Crippen LogP contribution in [0.15, 0.2) is 36.4 Å². The predicted molar refractivity (Wildman–Crippen MR) is 72.5 cm³/mol. The first-order chi connectivity index (χ1) is 8.81. The van der Waals surface area contributed by atoms with Gasteiger partial charge in [0.25, 0.3) is 0 Å². The van der Waals surface area contributed by atoms with E-state index in [4.69, 9.17) is 9.47 Å². The number of methoxy groups -OCH3 is 2. The summed E-state index contributed by atoms with van der Waals surface area (Å²) in [5.74, 6) is 2.97. The molecule has 3 rings (SSSR count). The van der Waals surface area contributed by atoms with Crippen LogP contribution >= 0.6 is 0 Å². The van der Waals surface area contributed by atoms with Crippen molar-refractivity contribution in [1.82, 2.24) is 0 Å². The van der Waals surface area contributed by atoms with Gasteiger partial charge in [0.1, 0.15) is 11.5 Å². The van der Waals surface area contributed by atoms with Gasteiger partial charge in [0.2, 0.25) is 0 Å². The van der Waals surface area contributed by atoms with Crippen molar-refractivity contribution in [3.05, 3.63) is 47.6 Å². The molecule has 0 heterocycles. The Hall–Kier alpha value is -1.70. The largest absolute Gasteiger partial charge is 0.496 e. The fourth-order valence-corrected chi connectivity index (χ4v) is 3.57. The zero-order valence-corrected chi connectivity index (χ0v) is 10.9. The maximum absolute atomic E-state index is 5.53. The van der Waals surface area contributed by atoms with Crippen molar-refractivity contribution in [3.63, 3.8) is 0 Å². The van der Waals surface area contributed by atoms with Gasteiger partial charge in [-0.05, 0) is 25.0 Å². The third-order valence-corrected chi connectivity index (χ3v) is 4.20. The van der Waals surface area contributed by atoms with Gasteiger partial charge >= 0.3 is 0 Å². The van der Waals surface area contributed by atoms with Crippen molar-refractivity contribution in [2.75, 3.05) is 14.2 Å². The van der Waals surface area contributed by atoms with Crippen molar-refractivity contribution < 1.29 is 9.47 Å². The molecule has 0 aliphatic heterocycles. The molecule has 2 aliphatic carbocycles. The van der Waals surface area contributed by atoms with E-state index in [1.165, 1.54) is 29.5 Å². The van der Waals surface area contributed by atoms with Gasteiger partial charge in [0, 0.05) is 23.0 Å². The van der Waals surface area contributed by atoms with E-state index in [1.54, 1.807) is 14.2 Å². The minimum absolute atomic E-state index is 0.494. The molecule has 0 spiro atoms. The summed E-state index contributed by atoms with van der Waals surface area (Å²) in [6.45, 7) is 3.83. The van der Waals surface area contributed by atoms with Crippen LogP contribution in [0, 0.1) is 0 Å². The van der Waals surface area contributed by atoms with Gasteiger partial charge in [0.05, 0.1) is 14.2 Å². The topological polar surface area (TPSA) is 18.5 Å². The van der Waals surface area contributed by atoms with Crippen molar-refractivity contribution >= 4 is 0 Å². The first-order valence-corrected chi connectivity index (χ1v) is 6.39. The normalized spacial score (nSPS) is 23.8. The van der Waals surface area contributed by atoms with Gasteiger partial charge in [-0.1, -0.05) is 24.3 Å². The standard InChI is InChI=1S/C16H18O2/c1-4-5-10-11-6-7-12(10)16-14(18-3)9-8-13(17-2)15(11)16/h4-5,8-9,11-12H,1,6-7H2,2-3H3/t11-,12-/m0/s1. The van der Waals surface area contributed by atoms with Crippen LogP contribution in [-0.4, -0.2) is 14.2 Å². The number of hydrogen-bond acceptors (Lipinski definition) is 2. The molecule has 1 saturated carbocycles. The molecule has 2 bridgehead atoms. The molecule has 1 aromatic carbocycles. The number of hydrogen-bond donors (Lipinski definition) is 0. The van der Waals surface area contributed by atoms with Gasteiger partial charge in [-0.3, -0.25) is 0 Å². The van der Waals surface area contributed by atoms with E-state index in [-0.39, 0.29) is 0 Å². The summed E-state index contributed by atoms with van der Waals surface area (Å²) >= 11 is 0. The van der Waals surface area contributed by atoms with Gasteiger partial charge in [0.15, 0.2) is 0 Å². The van der Waals surface area contributed by atoms with E-state index in [9.17, 15) is 0 Å². The van der Waals surface area contributed by atoms with E-state index in [1.807, 2.05) is 18.2 Å². The van der Waals surface area contributed by atoms with Crippen LogP contribution in [0.1, 0.15) is 35.8 Å². The predicted octanol–water partition coefficient (Wildman–Crippen LogP) is 3.79. The lowest BCUT2D eigenvalue weighted by molar-refractivity contribution is 0.391. The van der Waals surface area contributed by atoms with Crippen LogP contribution < -0.4 is 9.47 Å². The minimum Gasteiger partial charge on any atom is -0.496 e. The lowest BCUT2D eigenvalue weighted by Gasteiger charge is -2.20. The number of fused-ring (bicyclic) bond motifs is 5. The van der Waals surface area contributed by atoms with Crippen LogP contribution in [0.2, 0.25) is 0 Å². The Balaban J connectivity index is 2.23. The van der Waals surface area contributed by atoms with Crippen molar-refractivity contribution in [2.45, 2.75) is 24.7 Å². The molecule has 1 aromatic rings. The van der Waals surface area contributed by atoms with Gasteiger partial charge in [-0.25, -0.2) is 0 Å². The van der Waals surface area contributed by atoms with Gasteiger partial charge in [-0.15, -0.1) is 0 Å². The number of rotatable bonds is 3. The Labute approximate surface area is 108 Å². The zero-order valence-electron chi connectivity index (χ0n) is 10.9. The fourth-order valence-electron chi connectivity index (χ4n) is 3.57. The van der Waals surface area contributed by atoms with Crippen LogP contribution in [0.5, 0.6) is 11.5 Å². The molecule has 2 aliphatic rings. The highest BCUT2D eigenvalue weighted by Crippen LogP contribution is 2.61. The number of benzene rings is 1. The van der Waals surface area contributed by atoms with Crippen molar-refractivity contribution in [2.24, 2.45) is 0 Å². The van der Waals surface area contributed by atoms with E-state index in [2.05, 4.69) is 12.7 Å². The molecule has 0 aromatic heterocycles. The highest BCUT2D eigenvalue weighted by atomic mass is 16.5. The molecule has 0 N–H and O–H groups in total. The van der Waals surface area contributed by atoms with Crippen molar-refractivity contribution in [1.29, 1.82) is 0 Å². The molecule has 1 fully saturated rings. The molecule has 0 amide bonds. The van der Waals surface area contributed by atoms with Crippen LogP contribution in [0.3, 0.4) is 0 Å². The SMILES string of the molecule is C=CC=C1[C@@H]2CC[C@@H]1c1c(OC)ccc(OC)c12. The smallest absolute Gasteiger partial charge is 0.123 e. The molecule has 0 unspecified atom stereocenters. The lowest BCUT2D eigenvalue weighted by Crippen LogP contribution is -2.03. The quantitative estimate of drug-likeness (QED) is 0.802. The Morgan fingerprint density at radius 3 is 1.94 bits per heavy atom. The van der Waals surface area contributed by atoms with Crippen LogP contribution in [0.25, 0.3) is 0 Å². The molecular weight excluding hydrogens is 224 g/mol. The highest BCUT2D eigenvalue weighted by Gasteiger charge is 2.44. The highest BCUT2D eigenvalue weighted by molar-refractivity contribution is 5.64. The Morgan fingerprint density at radius 2 is 1.56 bits per heavy atom. The molecule has 2 atom stereocenters. The maximum atomic E-state index is 5.53. The average Bonchev–Trinajstić information content (AvgIpc) is 2.94. The second-order valence-electron chi connectivity index (χ2n) is 4.88. The first kappa shape index (κ1) is 11.4. The Morgan fingerprint density at radius 1 is 1.06 bits per heavy atom. The van der Waals surface area contributed by atoms with E-state index >= 15 is 0 Å². The van der Waals surface area contributed by atoms with Crippen LogP contribution in [0.4, 0.5) is 0 Å². The number of allylic oxidation sites excluding steroid dienone is 3. The monoisotopic (exact) mass is 242 g/mol. The summed E-state index contributed by atoms with van der Waals surface area (Å²) in [6, 6.07) is 4.04. The molecule has 0 radical (unpaired) electrons. The molecule has 2 nitrogen and oxygen atoms in total. The van der Waals surface area contributed by atoms with Gasteiger partial charge in [-0.2, -0.15) is 0 Å².